The average molecular weight is 345 g/mol. The van der Waals surface area contributed by atoms with Crippen molar-refractivity contribution in [3.05, 3.63) is 48.4 Å². The number of hydrogen-bond acceptors (Lipinski definition) is 3. The molecule has 4 aromatic heterocycles. The molecular weight excluding hydrogens is 330 g/mol. The van der Waals surface area contributed by atoms with E-state index in [0.717, 1.165) is 38.4 Å². The zero-order valence-corrected chi connectivity index (χ0v) is 14.2. The third-order valence-corrected chi connectivity index (χ3v) is 4.86. The van der Waals surface area contributed by atoms with E-state index in [1.807, 2.05) is 47.9 Å². The molecule has 0 bridgehead atoms. The summed E-state index contributed by atoms with van der Waals surface area (Å²) in [6, 6.07) is 7.16. The minimum atomic E-state index is -0.940. The van der Waals surface area contributed by atoms with E-state index >= 15 is 0 Å². The fourth-order valence-corrected chi connectivity index (χ4v) is 3.61. The van der Waals surface area contributed by atoms with E-state index in [2.05, 4.69) is 10.1 Å². The summed E-state index contributed by atoms with van der Waals surface area (Å²) in [5.41, 5.74) is 4.62. The van der Waals surface area contributed by atoms with E-state index in [0.29, 0.717) is 5.65 Å². The second kappa shape index (κ2) is 4.95. The van der Waals surface area contributed by atoms with Crippen LogP contribution in [0.5, 0.6) is 0 Å². The molecule has 0 unspecified atom stereocenters. The van der Waals surface area contributed by atoms with Crippen molar-refractivity contribution < 1.29 is 9.90 Å². The first-order chi connectivity index (χ1) is 12.5. The van der Waals surface area contributed by atoms with Crippen molar-refractivity contribution in [2.75, 3.05) is 0 Å². The van der Waals surface area contributed by atoms with Crippen molar-refractivity contribution in [2.24, 2.45) is 14.1 Å². The van der Waals surface area contributed by atoms with Gasteiger partial charge in [-0.25, -0.2) is 14.8 Å². The predicted octanol–water partition coefficient (Wildman–Crippen LogP) is 3.31. The van der Waals surface area contributed by atoms with E-state index in [-0.39, 0.29) is 5.56 Å². The van der Waals surface area contributed by atoms with E-state index in [1.54, 1.807) is 18.3 Å². The summed E-state index contributed by atoms with van der Waals surface area (Å²) in [5.74, 6) is -0.940. The van der Waals surface area contributed by atoms with Gasteiger partial charge in [0.25, 0.3) is 0 Å². The van der Waals surface area contributed by atoms with Gasteiger partial charge in [-0.15, -0.1) is 0 Å². The number of fused-ring (bicyclic) bond motifs is 4. The van der Waals surface area contributed by atoms with Gasteiger partial charge in [-0.2, -0.15) is 0 Å². The molecule has 1 aromatic carbocycles. The molecule has 0 radical (unpaired) electrons. The lowest BCUT2D eigenvalue weighted by Crippen LogP contribution is -1.95. The molecule has 0 atom stereocenters. The number of aryl methyl sites for hydroxylation is 2. The maximum atomic E-state index is 11.4. The number of nitrogens with zero attached hydrogens (tertiary/aromatic N) is 4. The quantitative estimate of drug-likeness (QED) is 0.514. The Morgan fingerprint density at radius 3 is 2.85 bits per heavy atom. The van der Waals surface area contributed by atoms with Gasteiger partial charge in [0.15, 0.2) is 5.65 Å². The molecule has 7 nitrogen and oxygen atoms in total. The van der Waals surface area contributed by atoms with Crippen LogP contribution in [0.1, 0.15) is 10.4 Å². The van der Waals surface area contributed by atoms with Gasteiger partial charge in [-0.05, 0) is 24.3 Å². The molecule has 26 heavy (non-hydrogen) atoms. The standard InChI is InChI=1S/C19H15N5O2/c1-23-9-14(12-5-10(19(25)26)3-4-16(12)23)15-6-13-17-11(8-21-24(17)2)7-20-18(13)22-15/h3-9,21H,1-2H3,(H,25,26). The van der Waals surface area contributed by atoms with Crippen molar-refractivity contribution in [1.29, 1.82) is 0 Å². The molecule has 0 amide bonds. The molecule has 5 aromatic rings. The summed E-state index contributed by atoms with van der Waals surface area (Å²) in [6.07, 6.45) is 5.69. The molecule has 7 heteroatoms. The number of hydrogen-bond donors (Lipinski definition) is 2. The van der Waals surface area contributed by atoms with Crippen LogP contribution < -0.4 is 0 Å². The summed E-state index contributed by atoms with van der Waals surface area (Å²) < 4.78 is 3.92. The monoisotopic (exact) mass is 345 g/mol. The zero-order chi connectivity index (χ0) is 18.0. The van der Waals surface area contributed by atoms with Crippen LogP contribution in [0, 0.1) is 0 Å². The van der Waals surface area contributed by atoms with Gasteiger partial charge < -0.3 is 14.8 Å². The molecular formula is C19H15N5O2. The predicted molar refractivity (Wildman–Crippen MR) is 99.2 cm³/mol. The molecule has 2 N–H and O–H groups in total. The van der Waals surface area contributed by atoms with Gasteiger partial charge in [0.1, 0.15) is 0 Å². The van der Waals surface area contributed by atoms with E-state index in [1.165, 1.54) is 0 Å². The Morgan fingerprint density at radius 2 is 2.04 bits per heavy atom. The smallest absolute Gasteiger partial charge is 0.335 e. The van der Waals surface area contributed by atoms with Crippen molar-refractivity contribution in [1.82, 2.24) is 24.3 Å². The van der Waals surface area contributed by atoms with E-state index in [9.17, 15) is 9.90 Å². The molecule has 0 aliphatic carbocycles. The first kappa shape index (κ1) is 14.7. The van der Waals surface area contributed by atoms with Crippen molar-refractivity contribution >= 4 is 38.8 Å². The number of nitrogens with one attached hydrogen (secondary N) is 1. The molecule has 0 spiro atoms. The molecule has 0 aliphatic heterocycles. The number of carbonyl (C=O) groups is 1. The second-order valence-corrected chi connectivity index (χ2v) is 6.46. The molecule has 0 fully saturated rings. The highest BCUT2D eigenvalue weighted by molar-refractivity contribution is 6.06. The van der Waals surface area contributed by atoms with Gasteiger partial charge in [0, 0.05) is 59.9 Å². The first-order valence-electron chi connectivity index (χ1n) is 8.15. The lowest BCUT2D eigenvalue weighted by atomic mass is 10.1. The van der Waals surface area contributed by atoms with Crippen LogP contribution in [0.4, 0.5) is 0 Å². The first-order valence-corrected chi connectivity index (χ1v) is 8.15. The third kappa shape index (κ3) is 1.91. The average Bonchev–Trinajstić information content (AvgIpc) is 3.30. The molecule has 4 heterocycles. The summed E-state index contributed by atoms with van der Waals surface area (Å²) in [6.45, 7) is 0. The second-order valence-electron chi connectivity index (χ2n) is 6.46. The summed E-state index contributed by atoms with van der Waals surface area (Å²) in [4.78, 5) is 20.5. The normalized spacial score (nSPS) is 11.8. The maximum Gasteiger partial charge on any atom is 0.335 e. The lowest BCUT2D eigenvalue weighted by Gasteiger charge is -1.98. The molecule has 5 rings (SSSR count). The highest BCUT2D eigenvalue weighted by atomic mass is 16.4. The summed E-state index contributed by atoms with van der Waals surface area (Å²) in [5, 5.41) is 15.3. The van der Waals surface area contributed by atoms with Crippen LogP contribution in [0.25, 0.3) is 44.1 Å². The Morgan fingerprint density at radius 1 is 1.19 bits per heavy atom. The number of H-pyrrole nitrogens is 1. The Hall–Kier alpha value is -3.61. The summed E-state index contributed by atoms with van der Waals surface area (Å²) >= 11 is 0. The number of aromatic carboxylic acids is 1. The Kier molecular flexibility index (Phi) is 2.80. The van der Waals surface area contributed by atoms with Crippen LogP contribution in [-0.4, -0.2) is 35.4 Å². The number of rotatable bonds is 2. The largest absolute Gasteiger partial charge is 0.478 e. The minimum absolute atomic E-state index is 0.263. The molecule has 128 valence electrons. The Labute approximate surface area is 147 Å². The summed E-state index contributed by atoms with van der Waals surface area (Å²) in [7, 11) is 3.89. The number of carboxylic acid groups (broad SMARTS) is 1. The fraction of sp³-hybridized carbons (Fsp3) is 0.105. The maximum absolute atomic E-state index is 11.4. The van der Waals surface area contributed by atoms with E-state index in [4.69, 9.17) is 4.98 Å². The van der Waals surface area contributed by atoms with Gasteiger partial charge >= 0.3 is 5.97 Å². The molecule has 0 aliphatic rings. The van der Waals surface area contributed by atoms with Crippen LogP contribution >= 0.6 is 0 Å². The Bertz CT molecular complexity index is 1340. The van der Waals surface area contributed by atoms with Crippen LogP contribution in [0.2, 0.25) is 0 Å². The highest BCUT2D eigenvalue weighted by Gasteiger charge is 2.16. The van der Waals surface area contributed by atoms with Gasteiger partial charge in [0.2, 0.25) is 0 Å². The molecule has 0 saturated heterocycles. The topological polar surface area (TPSA) is 88.7 Å². The van der Waals surface area contributed by atoms with Crippen molar-refractivity contribution in [2.45, 2.75) is 0 Å². The zero-order valence-electron chi connectivity index (χ0n) is 14.2. The highest BCUT2D eigenvalue weighted by Crippen LogP contribution is 2.34. The van der Waals surface area contributed by atoms with Crippen molar-refractivity contribution in [3.8, 4) is 11.3 Å². The van der Waals surface area contributed by atoms with Gasteiger partial charge in [-0.1, -0.05) is 0 Å². The van der Waals surface area contributed by atoms with Crippen molar-refractivity contribution in [3.63, 3.8) is 0 Å². The number of carboxylic acids is 1. The lowest BCUT2D eigenvalue weighted by molar-refractivity contribution is 0.0697. The number of aromatic amines is 1. The van der Waals surface area contributed by atoms with Crippen LogP contribution in [0.3, 0.4) is 0 Å². The number of aromatic nitrogens is 5. The molecule has 0 saturated carbocycles. The van der Waals surface area contributed by atoms with Gasteiger partial charge in [-0.3, -0.25) is 4.68 Å². The third-order valence-electron chi connectivity index (χ3n) is 4.86. The number of pyridine rings is 1. The van der Waals surface area contributed by atoms with Gasteiger partial charge in [0.05, 0.1) is 16.8 Å². The Balaban J connectivity index is 1.82. The van der Waals surface area contributed by atoms with Crippen LogP contribution in [0.15, 0.2) is 42.9 Å². The SMILES string of the molecule is Cn1cc(-c2cc3c(ncc4c[nH]n(C)c43)n2)c2cc(C(=O)O)ccc21. The van der Waals surface area contributed by atoms with Crippen LogP contribution in [-0.2, 0) is 14.1 Å². The van der Waals surface area contributed by atoms with E-state index < -0.39 is 5.97 Å². The number of benzene rings is 1. The fourth-order valence-electron chi connectivity index (χ4n) is 3.61. The minimum Gasteiger partial charge on any atom is -0.478 e.